The third-order valence-electron chi connectivity index (χ3n) is 5.93. The second-order valence-corrected chi connectivity index (χ2v) is 8.34. The third kappa shape index (κ3) is 5.14. The molecule has 2 N–H and O–H groups in total. The molecule has 6 nitrogen and oxygen atoms in total. The van der Waals surface area contributed by atoms with E-state index in [1.807, 2.05) is 31.2 Å². The minimum atomic E-state index is -0.558. The Morgan fingerprint density at radius 1 is 1.30 bits per heavy atom. The van der Waals surface area contributed by atoms with Crippen molar-refractivity contribution in [2.75, 3.05) is 6.61 Å². The highest BCUT2D eigenvalue weighted by atomic mass is 19.1. The van der Waals surface area contributed by atoms with Gasteiger partial charge in [0.2, 0.25) is 5.91 Å². The summed E-state index contributed by atoms with van der Waals surface area (Å²) >= 11 is 0. The molecule has 1 aliphatic carbocycles. The van der Waals surface area contributed by atoms with Crippen molar-refractivity contribution >= 4 is 16.8 Å². The summed E-state index contributed by atoms with van der Waals surface area (Å²) in [4.78, 5) is 11.9. The molecule has 3 aromatic rings. The number of rotatable bonds is 8. The summed E-state index contributed by atoms with van der Waals surface area (Å²) in [7, 11) is 0. The number of aromatic nitrogens is 2. The lowest BCUT2D eigenvalue weighted by atomic mass is 9.86. The zero-order valence-corrected chi connectivity index (χ0v) is 18.7. The van der Waals surface area contributed by atoms with Crippen LogP contribution in [0.4, 0.5) is 4.39 Å². The van der Waals surface area contributed by atoms with Crippen LogP contribution < -0.4 is 10.1 Å². The van der Waals surface area contributed by atoms with E-state index in [-0.39, 0.29) is 23.9 Å². The molecule has 1 unspecified atom stereocenters. The zero-order chi connectivity index (χ0) is 23.4. The van der Waals surface area contributed by atoms with E-state index in [4.69, 9.17) is 4.74 Å². The average Bonchev–Trinajstić information content (AvgIpc) is 3.25. The molecule has 1 heterocycles. The van der Waals surface area contributed by atoms with E-state index in [0.29, 0.717) is 12.2 Å². The molecule has 172 valence electrons. The van der Waals surface area contributed by atoms with Gasteiger partial charge in [-0.15, -0.1) is 0 Å². The molecule has 0 aliphatic heterocycles. The monoisotopic (exact) mass is 449 g/mol. The minimum absolute atomic E-state index is 0.0802. The lowest BCUT2D eigenvalue weighted by Gasteiger charge is -2.34. The Labute approximate surface area is 192 Å². The molecule has 7 heteroatoms. The topological polar surface area (TPSA) is 76.4 Å². The minimum Gasteiger partial charge on any atom is -0.488 e. The van der Waals surface area contributed by atoms with Gasteiger partial charge in [0.15, 0.2) is 0 Å². The predicted octanol–water partition coefficient (Wildman–Crippen LogP) is 4.32. The van der Waals surface area contributed by atoms with Gasteiger partial charge in [-0.3, -0.25) is 4.79 Å². The van der Waals surface area contributed by atoms with Crippen molar-refractivity contribution in [3.05, 3.63) is 78.3 Å². The Morgan fingerprint density at radius 3 is 2.79 bits per heavy atom. The predicted molar refractivity (Wildman–Crippen MR) is 126 cm³/mol. The van der Waals surface area contributed by atoms with E-state index in [9.17, 15) is 14.3 Å². The molecule has 4 rings (SSSR count). The van der Waals surface area contributed by atoms with Crippen LogP contribution in [0, 0.1) is 11.7 Å². The Balaban J connectivity index is 1.63. The molecule has 0 bridgehead atoms. The van der Waals surface area contributed by atoms with E-state index in [1.165, 1.54) is 17.7 Å². The van der Waals surface area contributed by atoms with E-state index >= 15 is 0 Å². The molecule has 0 radical (unpaired) electrons. The lowest BCUT2D eigenvalue weighted by molar-refractivity contribution is -0.125. The van der Waals surface area contributed by atoms with Gasteiger partial charge in [0.25, 0.3) is 0 Å². The van der Waals surface area contributed by atoms with Crippen LogP contribution in [0.1, 0.15) is 26.7 Å². The number of hydrogen-bond donors (Lipinski definition) is 2. The van der Waals surface area contributed by atoms with Gasteiger partial charge in [-0.05, 0) is 62.2 Å². The second kappa shape index (κ2) is 10.0. The van der Waals surface area contributed by atoms with Gasteiger partial charge >= 0.3 is 0 Å². The Hall–Kier alpha value is -3.45. The van der Waals surface area contributed by atoms with Crippen LogP contribution in [-0.2, 0) is 4.79 Å². The summed E-state index contributed by atoms with van der Waals surface area (Å²) in [6.45, 7) is 3.51. The standard InChI is InChI=1S/C26H28FN3O3/c1-3-23(29-25(32)16-31)26(18-6-4-5-17(2)13-18)33-22-11-12-24-19(14-22)15-28-30(24)21-9-7-20(27)8-10-21/h4-12,14-15,18,23,26,31H,3,13,16H2,1-2H3,(H,29,32)/t18?,23-,26+/m0/s1. The lowest BCUT2D eigenvalue weighted by Crippen LogP contribution is -2.49. The van der Waals surface area contributed by atoms with Gasteiger partial charge in [0, 0.05) is 11.3 Å². The molecule has 0 spiro atoms. The number of amides is 1. The van der Waals surface area contributed by atoms with Crippen LogP contribution in [0.5, 0.6) is 5.75 Å². The first-order valence-corrected chi connectivity index (χ1v) is 11.1. The number of carbonyl (C=O) groups excluding carboxylic acids is 1. The Morgan fingerprint density at radius 2 is 2.09 bits per heavy atom. The number of fused-ring (bicyclic) bond motifs is 1. The highest BCUT2D eigenvalue weighted by Crippen LogP contribution is 2.30. The van der Waals surface area contributed by atoms with Crippen molar-refractivity contribution in [3.8, 4) is 11.4 Å². The maximum atomic E-state index is 13.3. The molecule has 1 amide bonds. The highest BCUT2D eigenvalue weighted by molar-refractivity contribution is 5.81. The van der Waals surface area contributed by atoms with Crippen LogP contribution in [-0.4, -0.2) is 39.5 Å². The number of ether oxygens (including phenoxy) is 1. The molecule has 3 atom stereocenters. The van der Waals surface area contributed by atoms with Gasteiger partial charge in [0.1, 0.15) is 24.3 Å². The molecular weight excluding hydrogens is 421 g/mol. The second-order valence-electron chi connectivity index (χ2n) is 8.34. The number of aliphatic hydroxyl groups is 1. The SMILES string of the molecule is CC[C@H](NC(=O)CO)[C@H](Oc1ccc2c(cnn2-c2ccc(F)cc2)c1)C1C=CC=C(C)C1. The number of nitrogens with zero attached hydrogens (tertiary/aromatic N) is 2. The molecule has 0 saturated heterocycles. The van der Waals surface area contributed by atoms with Crippen LogP contribution in [0.15, 0.2) is 72.5 Å². The van der Waals surface area contributed by atoms with Gasteiger partial charge in [-0.25, -0.2) is 9.07 Å². The van der Waals surface area contributed by atoms with Gasteiger partial charge in [0.05, 0.1) is 23.4 Å². The molecule has 1 aliphatic rings. The normalized spacial score (nSPS) is 17.5. The average molecular weight is 450 g/mol. The number of nitrogens with one attached hydrogen (secondary N) is 1. The fraction of sp³-hybridized carbons (Fsp3) is 0.308. The van der Waals surface area contributed by atoms with Crippen molar-refractivity contribution in [2.45, 2.75) is 38.8 Å². The van der Waals surface area contributed by atoms with Crippen LogP contribution >= 0.6 is 0 Å². The van der Waals surface area contributed by atoms with E-state index in [1.54, 1.807) is 23.0 Å². The summed E-state index contributed by atoms with van der Waals surface area (Å²) in [6.07, 6.45) is 9.14. The Kier molecular flexibility index (Phi) is 6.89. The fourth-order valence-electron chi connectivity index (χ4n) is 4.26. The molecule has 0 fully saturated rings. The van der Waals surface area contributed by atoms with Crippen LogP contribution in [0.3, 0.4) is 0 Å². The van der Waals surface area contributed by atoms with Crippen molar-refractivity contribution in [1.29, 1.82) is 0 Å². The largest absolute Gasteiger partial charge is 0.488 e. The number of benzene rings is 2. The first-order valence-electron chi connectivity index (χ1n) is 11.1. The number of hydrogen-bond acceptors (Lipinski definition) is 4. The Bertz CT molecular complexity index is 1180. The van der Waals surface area contributed by atoms with Gasteiger partial charge in [-0.1, -0.05) is 30.7 Å². The zero-order valence-electron chi connectivity index (χ0n) is 18.7. The van der Waals surface area contributed by atoms with Gasteiger partial charge < -0.3 is 15.2 Å². The van der Waals surface area contributed by atoms with Gasteiger partial charge in [-0.2, -0.15) is 5.10 Å². The van der Waals surface area contributed by atoms with Crippen molar-refractivity contribution in [2.24, 2.45) is 5.92 Å². The summed E-state index contributed by atoms with van der Waals surface area (Å²) in [6, 6.07) is 11.6. The molecular formula is C26H28FN3O3. The molecule has 1 aromatic heterocycles. The summed E-state index contributed by atoms with van der Waals surface area (Å²) < 4.78 is 21.5. The van der Waals surface area contributed by atoms with Crippen molar-refractivity contribution in [3.63, 3.8) is 0 Å². The van der Waals surface area contributed by atoms with Crippen molar-refractivity contribution < 1.29 is 19.0 Å². The first-order chi connectivity index (χ1) is 16.0. The van der Waals surface area contributed by atoms with E-state index in [2.05, 4.69) is 29.5 Å². The number of allylic oxidation sites excluding steroid dienone is 3. The number of carbonyl (C=O) groups is 1. The fourth-order valence-corrected chi connectivity index (χ4v) is 4.26. The maximum absolute atomic E-state index is 13.3. The molecule has 2 aromatic carbocycles. The summed E-state index contributed by atoms with van der Waals surface area (Å²) in [5.74, 6) is 0.0381. The third-order valence-corrected chi connectivity index (χ3v) is 5.93. The maximum Gasteiger partial charge on any atom is 0.246 e. The quantitative estimate of drug-likeness (QED) is 0.537. The highest BCUT2D eigenvalue weighted by Gasteiger charge is 2.31. The van der Waals surface area contributed by atoms with Crippen LogP contribution in [0.25, 0.3) is 16.6 Å². The summed E-state index contributed by atoms with van der Waals surface area (Å²) in [5.41, 5.74) is 2.89. The van der Waals surface area contributed by atoms with E-state index in [0.717, 1.165) is 23.0 Å². The summed E-state index contributed by atoms with van der Waals surface area (Å²) in [5, 5.41) is 17.5. The first kappa shape index (κ1) is 22.7. The van der Waals surface area contributed by atoms with E-state index < -0.39 is 12.5 Å². The molecule has 0 saturated carbocycles. The smallest absolute Gasteiger partial charge is 0.246 e. The number of halogens is 1. The van der Waals surface area contributed by atoms with Crippen LogP contribution in [0.2, 0.25) is 0 Å². The molecule has 33 heavy (non-hydrogen) atoms. The van der Waals surface area contributed by atoms with Crippen molar-refractivity contribution in [1.82, 2.24) is 15.1 Å². The number of aliphatic hydroxyl groups excluding tert-OH is 1.